The van der Waals surface area contributed by atoms with Crippen molar-refractivity contribution in [1.82, 2.24) is 9.88 Å². The van der Waals surface area contributed by atoms with Gasteiger partial charge in [-0.05, 0) is 24.1 Å². The molecule has 3 rings (SSSR count). The fourth-order valence-electron chi connectivity index (χ4n) is 2.73. The average molecular weight is 274 g/mol. The van der Waals surface area contributed by atoms with E-state index in [9.17, 15) is 9.90 Å². The fourth-order valence-corrected chi connectivity index (χ4v) is 2.73. The zero-order valence-electron chi connectivity index (χ0n) is 11.4. The van der Waals surface area contributed by atoms with E-state index in [4.69, 9.17) is 4.74 Å². The number of fused-ring (bicyclic) bond motifs is 1. The number of benzene rings is 1. The number of aliphatic hydroxyl groups excluding tert-OH is 1. The van der Waals surface area contributed by atoms with Gasteiger partial charge in [-0.3, -0.25) is 4.79 Å². The van der Waals surface area contributed by atoms with Crippen molar-refractivity contribution in [3.8, 4) is 5.75 Å². The Hall–Kier alpha value is -2.01. The first-order valence-electron chi connectivity index (χ1n) is 6.80. The number of ether oxygens (including phenoxy) is 1. The van der Waals surface area contributed by atoms with Gasteiger partial charge in [0.1, 0.15) is 12.0 Å². The molecule has 2 aromatic rings. The second-order valence-corrected chi connectivity index (χ2v) is 5.08. The summed E-state index contributed by atoms with van der Waals surface area (Å²) in [7, 11) is 1.64. The van der Waals surface area contributed by atoms with E-state index >= 15 is 0 Å². The van der Waals surface area contributed by atoms with E-state index in [1.165, 1.54) is 0 Å². The Morgan fingerprint density at radius 3 is 3.05 bits per heavy atom. The van der Waals surface area contributed by atoms with Gasteiger partial charge in [-0.25, -0.2) is 0 Å². The topological polar surface area (TPSA) is 65.6 Å². The normalized spacial score (nSPS) is 19.0. The maximum atomic E-state index is 11.6. The molecule has 1 unspecified atom stereocenters. The predicted molar refractivity (Wildman–Crippen MR) is 75.5 cm³/mol. The SMILES string of the molecule is COc1ccc2c(CCN3C(=O)CCC3O)c[nH]c2c1. The highest BCUT2D eigenvalue weighted by molar-refractivity contribution is 5.84. The van der Waals surface area contributed by atoms with Crippen molar-refractivity contribution in [1.29, 1.82) is 0 Å². The third kappa shape index (κ3) is 2.25. The third-order valence-electron chi connectivity index (χ3n) is 3.89. The molecule has 1 aromatic carbocycles. The minimum Gasteiger partial charge on any atom is -0.497 e. The van der Waals surface area contributed by atoms with Gasteiger partial charge in [-0.1, -0.05) is 0 Å². The van der Waals surface area contributed by atoms with Crippen molar-refractivity contribution in [3.63, 3.8) is 0 Å². The van der Waals surface area contributed by atoms with Gasteiger partial charge < -0.3 is 19.7 Å². The molecule has 1 amide bonds. The molecule has 2 N–H and O–H groups in total. The molecular weight excluding hydrogens is 256 g/mol. The Morgan fingerprint density at radius 1 is 1.50 bits per heavy atom. The molecule has 5 heteroatoms. The predicted octanol–water partition coefficient (Wildman–Crippen LogP) is 1.66. The lowest BCUT2D eigenvalue weighted by Crippen LogP contribution is -2.34. The van der Waals surface area contributed by atoms with E-state index in [2.05, 4.69) is 4.98 Å². The quantitative estimate of drug-likeness (QED) is 0.891. The van der Waals surface area contributed by atoms with Crippen molar-refractivity contribution >= 4 is 16.8 Å². The summed E-state index contributed by atoms with van der Waals surface area (Å²) in [6, 6.07) is 5.90. The summed E-state index contributed by atoms with van der Waals surface area (Å²) in [5.74, 6) is 0.857. The third-order valence-corrected chi connectivity index (χ3v) is 3.89. The summed E-state index contributed by atoms with van der Waals surface area (Å²) >= 11 is 0. The molecule has 2 heterocycles. The summed E-state index contributed by atoms with van der Waals surface area (Å²) in [6.07, 6.45) is 3.07. The lowest BCUT2D eigenvalue weighted by molar-refractivity contribution is -0.133. The Balaban J connectivity index is 1.76. The minimum atomic E-state index is -0.618. The number of hydrogen-bond acceptors (Lipinski definition) is 3. The highest BCUT2D eigenvalue weighted by Gasteiger charge is 2.28. The number of likely N-dealkylation sites (tertiary alicyclic amines) is 1. The first kappa shape index (κ1) is 13.0. The van der Waals surface area contributed by atoms with Crippen LogP contribution in [-0.4, -0.2) is 40.8 Å². The Labute approximate surface area is 117 Å². The van der Waals surface area contributed by atoms with Crippen LogP contribution in [0.25, 0.3) is 10.9 Å². The van der Waals surface area contributed by atoms with Gasteiger partial charge in [0, 0.05) is 42.6 Å². The number of hydrogen-bond donors (Lipinski definition) is 2. The van der Waals surface area contributed by atoms with Gasteiger partial charge in [-0.2, -0.15) is 0 Å². The summed E-state index contributed by atoms with van der Waals surface area (Å²) < 4.78 is 5.19. The first-order chi connectivity index (χ1) is 9.69. The van der Waals surface area contributed by atoms with E-state index in [0.717, 1.165) is 28.6 Å². The summed E-state index contributed by atoms with van der Waals surface area (Å²) in [5.41, 5.74) is 2.17. The zero-order chi connectivity index (χ0) is 14.1. The number of H-pyrrole nitrogens is 1. The molecule has 1 aliphatic heterocycles. The monoisotopic (exact) mass is 274 g/mol. The molecule has 0 spiro atoms. The molecule has 1 aromatic heterocycles. The van der Waals surface area contributed by atoms with Crippen LogP contribution in [0.4, 0.5) is 0 Å². The van der Waals surface area contributed by atoms with E-state index in [-0.39, 0.29) is 5.91 Å². The number of aromatic amines is 1. The maximum Gasteiger partial charge on any atom is 0.224 e. The fraction of sp³-hybridized carbons (Fsp3) is 0.400. The highest BCUT2D eigenvalue weighted by atomic mass is 16.5. The van der Waals surface area contributed by atoms with E-state index in [0.29, 0.717) is 19.4 Å². The van der Waals surface area contributed by atoms with Crippen LogP contribution in [0.2, 0.25) is 0 Å². The van der Waals surface area contributed by atoms with Crippen LogP contribution in [0.15, 0.2) is 24.4 Å². The Kier molecular flexibility index (Phi) is 3.36. The van der Waals surface area contributed by atoms with Crippen LogP contribution in [0, 0.1) is 0 Å². The lowest BCUT2D eigenvalue weighted by atomic mass is 10.1. The van der Waals surface area contributed by atoms with Crippen LogP contribution in [0.1, 0.15) is 18.4 Å². The molecule has 1 saturated heterocycles. The van der Waals surface area contributed by atoms with Crippen molar-refractivity contribution in [2.24, 2.45) is 0 Å². The van der Waals surface area contributed by atoms with Gasteiger partial charge in [0.25, 0.3) is 0 Å². The van der Waals surface area contributed by atoms with Crippen molar-refractivity contribution < 1.29 is 14.6 Å². The van der Waals surface area contributed by atoms with Gasteiger partial charge in [0.15, 0.2) is 0 Å². The molecule has 20 heavy (non-hydrogen) atoms. The number of carbonyl (C=O) groups is 1. The zero-order valence-corrected chi connectivity index (χ0v) is 11.4. The molecule has 1 fully saturated rings. The van der Waals surface area contributed by atoms with E-state index in [1.807, 2.05) is 24.4 Å². The van der Waals surface area contributed by atoms with Crippen LogP contribution in [-0.2, 0) is 11.2 Å². The number of rotatable bonds is 4. The second-order valence-electron chi connectivity index (χ2n) is 5.08. The average Bonchev–Trinajstić information content (AvgIpc) is 3.00. The molecule has 0 bridgehead atoms. The van der Waals surface area contributed by atoms with Gasteiger partial charge in [0.05, 0.1) is 7.11 Å². The van der Waals surface area contributed by atoms with Crippen molar-refractivity contribution in [3.05, 3.63) is 30.0 Å². The highest BCUT2D eigenvalue weighted by Crippen LogP contribution is 2.24. The standard InChI is InChI=1S/C15H18N2O3/c1-20-11-2-3-12-10(9-16-13(12)8-11)6-7-17-14(18)4-5-15(17)19/h2-3,8-9,14,16,18H,4-7H2,1H3. The Morgan fingerprint density at radius 2 is 2.35 bits per heavy atom. The van der Waals surface area contributed by atoms with Gasteiger partial charge in [0.2, 0.25) is 5.91 Å². The lowest BCUT2D eigenvalue weighted by Gasteiger charge is -2.20. The number of carbonyl (C=O) groups excluding carboxylic acids is 1. The Bertz CT molecular complexity index is 635. The number of nitrogens with one attached hydrogen (secondary N) is 1. The summed E-state index contributed by atoms with van der Waals surface area (Å²) in [4.78, 5) is 16.4. The van der Waals surface area contributed by atoms with Crippen LogP contribution < -0.4 is 4.74 Å². The number of aromatic nitrogens is 1. The van der Waals surface area contributed by atoms with Crippen LogP contribution >= 0.6 is 0 Å². The largest absolute Gasteiger partial charge is 0.497 e. The number of nitrogens with zero attached hydrogens (tertiary/aromatic N) is 1. The minimum absolute atomic E-state index is 0.0408. The van der Waals surface area contributed by atoms with E-state index < -0.39 is 6.23 Å². The van der Waals surface area contributed by atoms with Crippen molar-refractivity contribution in [2.75, 3.05) is 13.7 Å². The number of aliphatic hydroxyl groups is 1. The van der Waals surface area contributed by atoms with Gasteiger partial charge >= 0.3 is 0 Å². The van der Waals surface area contributed by atoms with Crippen LogP contribution in [0.3, 0.4) is 0 Å². The smallest absolute Gasteiger partial charge is 0.224 e. The number of amides is 1. The van der Waals surface area contributed by atoms with Gasteiger partial charge in [-0.15, -0.1) is 0 Å². The summed E-state index contributed by atoms with van der Waals surface area (Å²) in [6.45, 7) is 0.555. The van der Waals surface area contributed by atoms with E-state index in [1.54, 1.807) is 12.0 Å². The number of methoxy groups -OCH3 is 1. The molecule has 106 valence electrons. The first-order valence-corrected chi connectivity index (χ1v) is 6.80. The molecule has 5 nitrogen and oxygen atoms in total. The molecule has 0 radical (unpaired) electrons. The molecule has 0 saturated carbocycles. The van der Waals surface area contributed by atoms with Crippen LogP contribution in [0.5, 0.6) is 5.75 Å². The maximum absolute atomic E-state index is 11.6. The van der Waals surface area contributed by atoms with Crippen molar-refractivity contribution in [2.45, 2.75) is 25.5 Å². The second kappa shape index (κ2) is 5.17. The molecule has 1 aliphatic rings. The summed E-state index contributed by atoms with van der Waals surface area (Å²) in [5, 5.41) is 10.9. The molecule has 0 aliphatic carbocycles. The molecular formula is C15H18N2O3. The molecule has 1 atom stereocenters.